The van der Waals surface area contributed by atoms with Gasteiger partial charge in [-0.25, -0.2) is 8.42 Å². The van der Waals surface area contributed by atoms with Crippen LogP contribution in [-0.4, -0.2) is 26.4 Å². The first-order valence-corrected chi connectivity index (χ1v) is 8.08. The highest BCUT2D eigenvalue weighted by atomic mass is 32.2. The lowest BCUT2D eigenvalue weighted by molar-refractivity contribution is 0.405. The molecule has 2 aromatic carbocycles. The summed E-state index contributed by atoms with van der Waals surface area (Å²) in [5.41, 5.74) is 1.18. The van der Waals surface area contributed by atoms with Gasteiger partial charge in [0, 0.05) is 11.6 Å². The molecule has 3 rings (SSSR count). The molecule has 1 aliphatic heterocycles. The van der Waals surface area contributed by atoms with Crippen molar-refractivity contribution in [2.45, 2.75) is 6.04 Å². The van der Waals surface area contributed by atoms with Gasteiger partial charge in [0.15, 0.2) is 0 Å². The SMILES string of the molecule is COc1ccc(C2CS(=O)(=O)N2c2ccccc2)c(O)c1. The summed E-state index contributed by atoms with van der Waals surface area (Å²) in [5.74, 6) is 0.557. The van der Waals surface area contributed by atoms with Gasteiger partial charge in [-0.3, -0.25) is 4.31 Å². The van der Waals surface area contributed by atoms with E-state index >= 15 is 0 Å². The minimum atomic E-state index is -3.31. The molecule has 0 saturated carbocycles. The van der Waals surface area contributed by atoms with E-state index in [0.29, 0.717) is 17.0 Å². The molecule has 0 spiro atoms. The van der Waals surface area contributed by atoms with Crippen molar-refractivity contribution in [3.05, 3.63) is 54.1 Å². The van der Waals surface area contributed by atoms with Gasteiger partial charge in [0.1, 0.15) is 11.5 Å². The zero-order valence-electron chi connectivity index (χ0n) is 11.4. The first-order chi connectivity index (χ1) is 10.0. The number of ether oxygens (including phenoxy) is 1. The fourth-order valence-corrected chi connectivity index (χ4v) is 4.17. The van der Waals surface area contributed by atoms with E-state index < -0.39 is 10.0 Å². The van der Waals surface area contributed by atoms with E-state index in [9.17, 15) is 13.5 Å². The highest BCUT2D eigenvalue weighted by Crippen LogP contribution is 2.43. The van der Waals surface area contributed by atoms with Crippen LogP contribution in [0.2, 0.25) is 0 Å². The predicted octanol–water partition coefficient (Wildman–Crippen LogP) is 2.29. The van der Waals surface area contributed by atoms with Crippen molar-refractivity contribution < 1.29 is 18.3 Å². The highest BCUT2D eigenvalue weighted by molar-refractivity contribution is 7.94. The first kappa shape index (κ1) is 13.8. The molecule has 1 fully saturated rings. The van der Waals surface area contributed by atoms with Gasteiger partial charge < -0.3 is 9.84 Å². The number of aromatic hydroxyl groups is 1. The number of nitrogens with zero attached hydrogens (tertiary/aromatic N) is 1. The van der Waals surface area contributed by atoms with Gasteiger partial charge in [-0.05, 0) is 24.3 Å². The van der Waals surface area contributed by atoms with E-state index in [1.54, 1.807) is 36.4 Å². The topological polar surface area (TPSA) is 66.8 Å². The van der Waals surface area contributed by atoms with Crippen molar-refractivity contribution in [1.29, 1.82) is 0 Å². The number of phenolic OH excluding ortho intramolecular Hbond substituents is 1. The summed E-state index contributed by atoms with van der Waals surface area (Å²) in [6, 6.07) is 13.4. The summed E-state index contributed by atoms with van der Waals surface area (Å²) in [6.07, 6.45) is 0. The fraction of sp³-hybridized carbons (Fsp3) is 0.200. The van der Waals surface area contributed by atoms with Gasteiger partial charge >= 0.3 is 0 Å². The summed E-state index contributed by atoms with van der Waals surface area (Å²) < 4.78 is 30.5. The third-order valence-electron chi connectivity index (χ3n) is 3.56. The molecule has 0 aromatic heterocycles. The zero-order valence-corrected chi connectivity index (χ0v) is 12.2. The highest BCUT2D eigenvalue weighted by Gasteiger charge is 2.45. The van der Waals surface area contributed by atoms with Gasteiger partial charge in [0.25, 0.3) is 0 Å². The molecule has 21 heavy (non-hydrogen) atoms. The molecule has 0 aliphatic carbocycles. The maximum atomic E-state index is 12.1. The van der Waals surface area contributed by atoms with Crippen LogP contribution in [0.25, 0.3) is 0 Å². The number of methoxy groups -OCH3 is 1. The van der Waals surface area contributed by atoms with Crippen LogP contribution < -0.4 is 9.04 Å². The number of para-hydroxylation sites is 1. The predicted molar refractivity (Wildman–Crippen MR) is 80.1 cm³/mol. The Morgan fingerprint density at radius 3 is 2.48 bits per heavy atom. The molecular weight excluding hydrogens is 290 g/mol. The van der Waals surface area contributed by atoms with Crippen LogP contribution in [0, 0.1) is 0 Å². The quantitative estimate of drug-likeness (QED) is 0.945. The average Bonchev–Trinajstić information content (AvgIpc) is 2.46. The largest absolute Gasteiger partial charge is 0.507 e. The summed E-state index contributed by atoms with van der Waals surface area (Å²) >= 11 is 0. The molecule has 1 N–H and O–H groups in total. The van der Waals surface area contributed by atoms with Crippen molar-refractivity contribution in [2.75, 3.05) is 17.2 Å². The lowest BCUT2D eigenvalue weighted by atomic mass is 10.1. The van der Waals surface area contributed by atoms with Crippen LogP contribution in [0.5, 0.6) is 11.5 Å². The fourth-order valence-electron chi connectivity index (χ4n) is 2.52. The Labute approximate surface area is 123 Å². The Morgan fingerprint density at radius 2 is 1.90 bits per heavy atom. The second-order valence-electron chi connectivity index (χ2n) is 4.85. The van der Waals surface area contributed by atoms with Crippen molar-refractivity contribution in [3.63, 3.8) is 0 Å². The first-order valence-electron chi connectivity index (χ1n) is 6.47. The maximum absolute atomic E-state index is 12.1. The van der Waals surface area contributed by atoms with Crippen molar-refractivity contribution in [2.24, 2.45) is 0 Å². The van der Waals surface area contributed by atoms with Crippen LogP contribution >= 0.6 is 0 Å². The van der Waals surface area contributed by atoms with E-state index in [1.165, 1.54) is 17.5 Å². The number of hydrogen-bond donors (Lipinski definition) is 1. The van der Waals surface area contributed by atoms with Gasteiger partial charge in [0.2, 0.25) is 10.0 Å². The third kappa shape index (κ3) is 2.31. The zero-order chi connectivity index (χ0) is 15.0. The molecule has 1 aliphatic rings. The van der Waals surface area contributed by atoms with Crippen LogP contribution in [0.4, 0.5) is 5.69 Å². The molecule has 110 valence electrons. The van der Waals surface area contributed by atoms with Crippen molar-refractivity contribution in [1.82, 2.24) is 0 Å². The Morgan fingerprint density at radius 1 is 1.19 bits per heavy atom. The van der Waals surface area contributed by atoms with Gasteiger partial charge in [-0.2, -0.15) is 0 Å². The number of benzene rings is 2. The molecule has 0 amide bonds. The number of hydrogen-bond acceptors (Lipinski definition) is 4. The number of rotatable bonds is 3. The molecule has 5 nitrogen and oxygen atoms in total. The number of phenols is 1. The lowest BCUT2D eigenvalue weighted by Gasteiger charge is -2.41. The van der Waals surface area contributed by atoms with Crippen molar-refractivity contribution >= 4 is 15.7 Å². The molecule has 1 atom stereocenters. The average molecular weight is 305 g/mol. The Kier molecular flexibility index (Phi) is 3.25. The minimum Gasteiger partial charge on any atom is -0.507 e. The van der Waals surface area contributed by atoms with Crippen LogP contribution in [0.1, 0.15) is 11.6 Å². The summed E-state index contributed by atoms with van der Waals surface area (Å²) in [6.45, 7) is 0. The van der Waals surface area contributed by atoms with Gasteiger partial charge in [-0.15, -0.1) is 0 Å². The van der Waals surface area contributed by atoms with Gasteiger partial charge in [0.05, 0.1) is 24.6 Å². The normalized spacial score (nSPS) is 19.9. The Balaban J connectivity index is 2.00. The van der Waals surface area contributed by atoms with E-state index in [-0.39, 0.29) is 17.5 Å². The molecule has 0 bridgehead atoms. The smallest absolute Gasteiger partial charge is 0.238 e. The van der Waals surface area contributed by atoms with E-state index in [0.717, 1.165) is 0 Å². The number of sulfonamides is 1. The molecule has 2 aromatic rings. The standard InChI is InChI=1S/C15H15NO4S/c1-20-12-7-8-13(15(17)9-12)14-10-21(18,19)16(14)11-5-3-2-4-6-11/h2-9,14,17H,10H2,1H3. The van der Waals surface area contributed by atoms with E-state index in [1.807, 2.05) is 6.07 Å². The molecule has 1 saturated heterocycles. The molecule has 0 radical (unpaired) electrons. The molecule has 1 unspecified atom stereocenters. The molecule has 6 heteroatoms. The van der Waals surface area contributed by atoms with E-state index in [2.05, 4.69) is 0 Å². The monoisotopic (exact) mass is 305 g/mol. The van der Waals surface area contributed by atoms with Crippen LogP contribution in [0.15, 0.2) is 48.5 Å². The maximum Gasteiger partial charge on any atom is 0.238 e. The summed E-state index contributed by atoms with van der Waals surface area (Å²) in [5, 5.41) is 10.1. The number of anilines is 1. The van der Waals surface area contributed by atoms with Crippen LogP contribution in [0.3, 0.4) is 0 Å². The second kappa shape index (κ2) is 4.96. The summed E-state index contributed by atoms with van der Waals surface area (Å²) in [4.78, 5) is 0. The third-order valence-corrected chi connectivity index (χ3v) is 5.36. The Hall–Kier alpha value is -2.21. The minimum absolute atomic E-state index is 0.0121. The van der Waals surface area contributed by atoms with Crippen LogP contribution in [-0.2, 0) is 10.0 Å². The molecule has 1 heterocycles. The molecular formula is C15H15NO4S. The second-order valence-corrected chi connectivity index (χ2v) is 6.74. The van der Waals surface area contributed by atoms with E-state index in [4.69, 9.17) is 4.74 Å². The summed E-state index contributed by atoms with van der Waals surface area (Å²) in [7, 11) is -1.80. The lowest BCUT2D eigenvalue weighted by Crippen LogP contribution is -2.50. The van der Waals surface area contributed by atoms with Crippen molar-refractivity contribution in [3.8, 4) is 11.5 Å². The Bertz CT molecular complexity index is 758. The van der Waals surface area contributed by atoms with Gasteiger partial charge in [-0.1, -0.05) is 18.2 Å².